The fraction of sp³-hybridized carbons (Fsp3) is 0.615. The maximum atomic E-state index is 4.34. The van der Waals surface area contributed by atoms with Crippen molar-refractivity contribution in [1.29, 1.82) is 0 Å². The molecule has 1 fully saturated rings. The molecule has 100 valence electrons. The molecule has 1 aromatic rings. The predicted molar refractivity (Wildman–Crippen MR) is 74.8 cm³/mol. The van der Waals surface area contributed by atoms with Crippen LogP contribution in [0.5, 0.6) is 0 Å². The molecule has 1 aliphatic heterocycles. The molecule has 1 atom stereocenters. The lowest BCUT2D eigenvalue weighted by Gasteiger charge is -2.38. The van der Waals surface area contributed by atoms with Crippen LogP contribution < -0.4 is 5.32 Å². The van der Waals surface area contributed by atoms with Gasteiger partial charge in [0, 0.05) is 51.2 Å². The molecule has 0 aromatic carbocycles. The van der Waals surface area contributed by atoms with E-state index in [4.69, 9.17) is 0 Å². The van der Waals surface area contributed by atoms with Crippen molar-refractivity contribution >= 4 is 5.95 Å². The summed E-state index contributed by atoms with van der Waals surface area (Å²) < 4.78 is 2.18. The van der Waals surface area contributed by atoms with Crippen LogP contribution in [0, 0.1) is 0 Å². The molecule has 0 saturated carbocycles. The topological polar surface area (TPSA) is 36.3 Å². The van der Waals surface area contributed by atoms with Crippen molar-refractivity contribution in [3.05, 3.63) is 25.0 Å². The number of nitrogens with zero attached hydrogens (tertiary/aromatic N) is 4. The van der Waals surface area contributed by atoms with Crippen LogP contribution in [0.4, 0.5) is 5.95 Å². The fourth-order valence-electron chi connectivity index (χ4n) is 2.31. The second-order valence-electron chi connectivity index (χ2n) is 4.97. The van der Waals surface area contributed by atoms with Gasteiger partial charge in [-0.05, 0) is 14.1 Å². The van der Waals surface area contributed by atoms with Gasteiger partial charge in [-0.15, -0.1) is 6.58 Å². The fourth-order valence-corrected chi connectivity index (χ4v) is 2.31. The SMILES string of the molecule is C=CCNc1nccn1CC1CN(C)CCN1C. The van der Waals surface area contributed by atoms with E-state index in [1.54, 1.807) is 0 Å². The van der Waals surface area contributed by atoms with Gasteiger partial charge in [-0.2, -0.15) is 0 Å². The smallest absolute Gasteiger partial charge is 0.203 e. The second kappa shape index (κ2) is 6.02. The quantitative estimate of drug-likeness (QED) is 0.780. The van der Waals surface area contributed by atoms with Gasteiger partial charge >= 0.3 is 0 Å². The van der Waals surface area contributed by atoms with Gasteiger partial charge in [-0.25, -0.2) is 4.98 Å². The van der Waals surface area contributed by atoms with Gasteiger partial charge in [-0.1, -0.05) is 6.08 Å². The van der Waals surface area contributed by atoms with E-state index in [0.717, 1.165) is 38.7 Å². The Morgan fingerprint density at radius 2 is 2.33 bits per heavy atom. The zero-order valence-corrected chi connectivity index (χ0v) is 11.3. The maximum Gasteiger partial charge on any atom is 0.203 e. The van der Waals surface area contributed by atoms with E-state index in [1.165, 1.54) is 0 Å². The minimum Gasteiger partial charge on any atom is -0.352 e. The summed E-state index contributed by atoms with van der Waals surface area (Å²) in [5.74, 6) is 0.927. The molecule has 18 heavy (non-hydrogen) atoms. The zero-order chi connectivity index (χ0) is 13.0. The third-order valence-corrected chi connectivity index (χ3v) is 3.51. The number of rotatable bonds is 5. The summed E-state index contributed by atoms with van der Waals surface area (Å²) in [7, 11) is 4.39. The molecule has 0 aliphatic carbocycles. The minimum absolute atomic E-state index is 0.544. The highest BCUT2D eigenvalue weighted by Gasteiger charge is 2.22. The largest absolute Gasteiger partial charge is 0.352 e. The second-order valence-corrected chi connectivity index (χ2v) is 4.97. The normalized spacial score (nSPS) is 22.0. The zero-order valence-electron chi connectivity index (χ0n) is 11.3. The Balaban J connectivity index is 1.99. The molecular weight excluding hydrogens is 226 g/mol. The number of hydrogen-bond acceptors (Lipinski definition) is 4. The van der Waals surface area contributed by atoms with Gasteiger partial charge in [0.05, 0.1) is 0 Å². The molecule has 1 aromatic heterocycles. The van der Waals surface area contributed by atoms with Crippen molar-refractivity contribution in [1.82, 2.24) is 19.4 Å². The molecular formula is C13H23N5. The van der Waals surface area contributed by atoms with Crippen LogP contribution in [0.3, 0.4) is 0 Å². The summed E-state index contributed by atoms with van der Waals surface area (Å²) in [5, 5.41) is 3.26. The Kier molecular flexibility index (Phi) is 4.38. The molecule has 1 unspecified atom stereocenters. The third kappa shape index (κ3) is 3.11. The average molecular weight is 249 g/mol. The van der Waals surface area contributed by atoms with Gasteiger partial charge < -0.3 is 14.8 Å². The molecule has 0 spiro atoms. The van der Waals surface area contributed by atoms with E-state index in [9.17, 15) is 0 Å². The molecule has 1 saturated heterocycles. The highest BCUT2D eigenvalue weighted by atomic mass is 15.3. The van der Waals surface area contributed by atoms with Crippen molar-refractivity contribution in [2.24, 2.45) is 0 Å². The molecule has 2 heterocycles. The predicted octanol–water partition coefficient (Wildman–Crippen LogP) is 0.727. The van der Waals surface area contributed by atoms with Crippen LogP contribution in [0.1, 0.15) is 0 Å². The highest BCUT2D eigenvalue weighted by molar-refractivity contribution is 5.26. The van der Waals surface area contributed by atoms with E-state index in [1.807, 2.05) is 18.5 Å². The summed E-state index contributed by atoms with van der Waals surface area (Å²) in [6.07, 6.45) is 5.73. The number of anilines is 1. The molecule has 0 amide bonds. The average Bonchev–Trinajstić information content (AvgIpc) is 2.79. The van der Waals surface area contributed by atoms with Crippen LogP contribution in [0.15, 0.2) is 25.0 Å². The lowest BCUT2D eigenvalue weighted by Crippen LogP contribution is -2.51. The minimum atomic E-state index is 0.544. The number of likely N-dealkylation sites (N-methyl/N-ethyl adjacent to an activating group) is 2. The standard InChI is InChI=1S/C13H23N5/c1-4-5-14-13-15-6-7-18(13)11-12-10-16(2)8-9-17(12)3/h4,6-7,12H,1,5,8-11H2,2-3H3,(H,14,15). The van der Waals surface area contributed by atoms with E-state index in [2.05, 4.69) is 45.3 Å². The van der Waals surface area contributed by atoms with Crippen molar-refractivity contribution < 1.29 is 0 Å². The van der Waals surface area contributed by atoms with Crippen LogP contribution in [0.2, 0.25) is 0 Å². The summed E-state index contributed by atoms with van der Waals surface area (Å²) in [6, 6.07) is 0.544. The number of nitrogens with one attached hydrogen (secondary N) is 1. The van der Waals surface area contributed by atoms with Crippen LogP contribution in [0.25, 0.3) is 0 Å². The molecule has 5 heteroatoms. The van der Waals surface area contributed by atoms with Crippen molar-refractivity contribution in [2.75, 3.05) is 45.6 Å². The van der Waals surface area contributed by atoms with Gasteiger partial charge in [0.1, 0.15) is 0 Å². The first kappa shape index (κ1) is 13.1. The van der Waals surface area contributed by atoms with E-state index < -0.39 is 0 Å². The van der Waals surface area contributed by atoms with Gasteiger partial charge in [-0.3, -0.25) is 4.90 Å². The first-order chi connectivity index (χ1) is 8.70. The van der Waals surface area contributed by atoms with Crippen molar-refractivity contribution in [3.8, 4) is 0 Å². The van der Waals surface area contributed by atoms with Crippen LogP contribution >= 0.6 is 0 Å². The molecule has 0 bridgehead atoms. The summed E-state index contributed by atoms with van der Waals surface area (Å²) in [5.41, 5.74) is 0. The highest BCUT2D eigenvalue weighted by Crippen LogP contribution is 2.12. The number of piperazine rings is 1. The summed E-state index contributed by atoms with van der Waals surface area (Å²) in [4.78, 5) is 9.15. The monoisotopic (exact) mass is 249 g/mol. The van der Waals surface area contributed by atoms with E-state index in [-0.39, 0.29) is 0 Å². The summed E-state index contributed by atoms with van der Waals surface area (Å²) >= 11 is 0. The number of aromatic nitrogens is 2. The van der Waals surface area contributed by atoms with Gasteiger partial charge in [0.15, 0.2) is 0 Å². The lowest BCUT2D eigenvalue weighted by molar-refractivity contribution is 0.103. The molecule has 0 radical (unpaired) electrons. The Hall–Kier alpha value is -1.33. The van der Waals surface area contributed by atoms with Crippen LogP contribution in [-0.4, -0.2) is 65.7 Å². The van der Waals surface area contributed by atoms with Crippen LogP contribution in [-0.2, 0) is 6.54 Å². The number of imidazole rings is 1. The Labute approximate surface area is 109 Å². The van der Waals surface area contributed by atoms with Crippen molar-refractivity contribution in [3.63, 3.8) is 0 Å². The van der Waals surface area contributed by atoms with Gasteiger partial charge in [0.2, 0.25) is 5.95 Å². The number of hydrogen-bond donors (Lipinski definition) is 1. The molecule has 2 rings (SSSR count). The third-order valence-electron chi connectivity index (χ3n) is 3.51. The first-order valence-corrected chi connectivity index (χ1v) is 6.45. The Bertz CT molecular complexity index is 386. The van der Waals surface area contributed by atoms with E-state index in [0.29, 0.717) is 6.04 Å². The summed E-state index contributed by atoms with van der Waals surface area (Å²) in [6.45, 7) is 8.82. The maximum absolute atomic E-state index is 4.34. The molecule has 1 aliphatic rings. The Morgan fingerprint density at radius 3 is 3.11 bits per heavy atom. The van der Waals surface area contributed by atoms with Gasteiger partial charge in [0.25, 0.3) is 0 Å². The van der Waals surface area contributed by atoms with E-state index >= 15 is 0 Å². The Morgan fingerprint density at radius 1 is 1.50 bits per heavy atom. The lowest BCUT2D eigenvalue weighted by atomic mass is 10.2. The molecule has 5 nitrogen and oxygen atoms in total. The first-order valence-electron chi connectivity index (χ1n) is 6.45. The molecule has 1 N–H and O–H groups in total. The van der Waals surface area contributed by atoms with Crippen molar-refractivity contribution in [2.45, 2.75) is 12.6 Å².